The van der Waals surface area contributed by atoms with Crippen LogP contribution in [0.5, 0.6) is 5.75 Å². The Balaban J connectivity index is 1.34. The summed E-state index contributed by atoms with van der Waals surface area (Å²) >= 11 is 0. The van der Waals surface area contributed by atoms with Crippen LogP contribution < -0.4 is 4.74 Å². The molecule has 6 heteroatoms. The normalized spacial score (nSPS) is 12.7. The molecule has 0 fully saturated rings. The summed E-state index contributed by atoms with van der Waals surface area (Å²) in [6, 6.07) is 30.0. The van der Waals surface area contributed by atoms with E-state index in [1.807, 2.05) is 72.8 Å². The monoisotopic (exact) mass is 486 g/mol. The highest BCUT2D eigenvalue weighted by Gasteiger charge is 2.36. The van der Waals surface area contributed by atoms with Crippen molar-refractivity contribution in [2.75, 3.05) is 6.54 Å². The third-order valence-corrected chi connectivity index (χ3v) is 6.60. The van der Waals surface area contributed by atoms with Gasteiger partial charge >= 0.3 is 0 Å². The zero-order valence-corrected chi connectivity index (χ0v) is 19.8. The van der Waals surface area contributed by atoms with Gasteiger partial charge in [-0.1, -0.05) is 72.8 Å². The zero-order valence-electron chi connectivity index (χ0n) is 19.8. The Morgan fingerprint density at radius 2 is 1.32 bits per heavy atom. The van der Waals surface area contributed by atoms with Crippen LogP contribution in [0.25, 0.3) is 22.0 Å². The highest BCUT2D eigenvalue weighted by atomic mass is 16.5. The van der Waals surface area contributed by atoms with Crippen molar-refractivity contribution in [1.82, 2.24) is 9.88 Å². The van der Waals surface area contributed by atoms with E-state index in [2.05, 4.69) is 4.98 Å². The highest BCUT2D eigenvalue weighted by molar-refractivity contribution is 6.24. The number of fused-ring (bicyclic) bond motifs is 2. The molecule has 180 valence electrons. The summed E-state index contributed by atoms with van der Waals surface area (Å²) in [4.78, 5) is 43.3. The van der Waals surface area contributed by atoms with Gasteiger partial charge in [-0.2, -0.15) is 0 Å². The number of para-hydroxylation sites is 1. The molecule has 1 aromatic heterocycles. The van der Waals surface area contributed by atoms with Crippen LogP contribution in [-0.4, -0.2) is 34.0 Å². The molecule has 2 heterocycles. The molecule has 1 aliphatic heterocycles. The number of carbonyl (C=O) groups excluding carboxylic acids is 3. The number of hydrogen-bond acceptors (Lipinski definition) is 4. The summed E-state index contributed by atoms with van der Waals surface area (Å²) in [7, 11) is 0. The number of H-pyrrole nitrogens is 1. The lowest BCUT2D eigenvalue weighted by molar-refractivity contribution is 0.0624. The first-order valence-corrected chi connectivity index (χ1v) is 12.0. The molecule has 0 aliphatic carbocycles. The number of Topliss-reactive ketones (excluding diaryl/α,β-unsaturated/α-hetero) is 1. The van der Waals surface area contributed by atoms with E-state index in [4.69, 9.17) is 4.74 Å². The summed E-state index contributed by atoms with van der Waals surface area (Å²) in [5.41, 5.74) is 4.57. The highest BCUT2D eigenvalue weighted by Crippen LogP contribution is 2.37. The molecular weight excluding hydrogens is 464 g/mol. The van der Waals surface area contributed by atoms with Crippen LogP contribution in [-0.2, 0) is 6.61 Å². The van der Waals surface area contributed by atoms with Crippen molar-refractivity contribution < 1.29 is 19.1 Å². The van der Waals surface area contributed by atoms with Gasteiger partial charge in [0.25, 0.3) is 11.8 Å². The van der Waals surface area contributed by atoms with Crippen molar-refractivity contribution in [2.45, 2.75) is 6.61 Å². The van der Waals surface area contributed by atoms with Crippen LogP contribution in [0.3, 0.4) is 0 Å². The van der Waals surface area contributed by atoms with Crippen LogP contribution >= 0.6 is 0 Å². The SMILES string of the molecule is O=C(CN1C(=O)c2ccccc2C1=O)c1c[nH]c2cccc(-c3ccccc3OCc3ccccc3)c12. The first-order chi connectivity index (χ1) is 18.1. The quantitative estimate of drug-likeness (QED) is 0.230. The van der Waals surface area contributed by atoms with Crippen molar-refractivity contribution in [3.8, 4) is 16.9 Å². The van der Waals surface area contributed by atoms with Crippen LogP contribution in [0.2, 0.25) is 0 Å². The van der Waals surface area contributed by atoms with E-state index in [1.54, 1.807) is 30.5 Å². The number of carbonyl (C=O) groups is 3. The lowest BCUT2D eigenvalue weighted by Crippen LogP contribution is -2.34. The topological polar surface area (TPSA) is 79.5 Å². The Kier molecular flexibility index (Phi) is 5.62. The fourth-order valence-electron chi connectivity index (χ4n) is 4.79. The molecule has 2 amide bonds. The number of amides is 2. The average Bonchev–Trinajstić information content (AvgIpc) is 3.48. The molecule has 0 atom stereocenters. The van der Waals surface area contributed by atoms with Crippen molar-refractivity contribution in [2.24, 2.45) is 0 Å². The van der Waals surface area contributed by atoms with E-state index in [-0.39, 0.29) is 12.3 Å². The fraction of sp³-hybridized carbons (Fsp3) is 0.0645. The third kappa shape index (κ3) is 3.98. The van der Waals surface area contributed by atoms with Crippen molar-refractivity contribution in [3.63, 3.8) is 0 Å². The summed E-state index contributed by atoms with van der Waals surface area (Å²) in [5, 5.41) is 0.722. The number of aromatic amines is 1. The van der Waals surface area contributed by atoms with Gasteiger partial charge in [-0.25, -0.2) is 0 Å². The van der Waals surface area contributed by atoms with E-state index in [0.29, 0.717) is 29.0 Å². The number of ketones is 1. The van der Waals surface area contributed by atoms with Crippen molar-refractivity contribution in [1.29, 1.82) is 0 Å². The van der Waals surface area contributed by atoms with Gasteiger partial charge in [0.05, 0.1) is 17.7 Å². The first-order valence-electron chi connectivity index (χ1n) is 12.0. The molecule has 5 aromatic rings. The van der Waals surface area contributed by atoms with Crippen molar-refractivity contribution >= 4 is 28.5 Å². The number of rotatable bonds is 7. The van der Waals surface area contributed by atoms with Gasteiger partial charge in [-0.3, -0.25) is 19.3 Å². The predicted molar refractivity (Wildman–Crippen MR) is 141 cm³/mol. The lowest BCUT2D eigenvalue weighted by Gasteiger charge is -2.15. The molecule has 0 saturated carbocycles. The maximum Gasteiger partial charge on any atom is 0.261 e. The molecule has 0 bridgehead atoms. The van der Waals surface area contributed by atoms with E-state index in [1.165, 1.54) is 0 Å². The van der Waals surface area contributed by atoms with Crippen LogP contribution in [0.4, 0.5) is 0 Å². The van der Waals surface area contributed by atoms with Crippen LogP contribution in [0.1, 0.15) is 36.6 Å². The second-order valence-corrected chi connectivity index (χ2v) is 8.87. The number of hydrogen-bond donors (Lipinski definition) is 1. The number of benzene rings is 4. The fourth-order valence-corrected chi connectivity index (χ4v) is 4.79. The minimum atomic E-state index is -0.450. The maximum absolute atomic E-state index is 13.5. The van der Waals surface area contributed by atoms with Gasteiger partial charge in [0.1, 0.15) is 12.4 Å². The van der Waals surface area contributed by atoms with Crippen molar-refractivity contribution in [3.05, 3.63) is 126 Å². The lowest BCUT2D eigenvalue weighted by atomic mass is 9.97. The molecule has 0 unspecified atom stereocenters. The predicted octanol–water partition coefficient (Wildman–Crippen LogP) is 5.89. The molecule has 6 nitrogen and oxygen atoms in total. The van der Waals surface area contributed by atoms with E-state index < -0.39 is 11.8 Å². The molecule has 4 aromatic carbocycles. The Morgan fingerprint density at radius 3 is 2.05 bits per heavy atom. The summed E-state index contributed by atoms with van der Waals surface area (Å²) in [5.74, 6) is -0.531. The smallest absolute Gasteiger partial charge is 0.261 e. The van der Waals surface area contributed by atoms with E-state index in [0.717, 1.165) is 32.5 Å². The standard InChI is InChI=1S/C31H22N2O4/c34-27(18-33-30(35)23-12-4-5-13-24(23)31(33)36)25-17-32-26-15-8-14-22(29(25)26)21-11-6-7-16-28(21)37-19-20-9-2-1-3-10-20/h1-17,32H,18-19H2. The summed E-state index contributed by atoms with van der Waals surface area (Å²) < 4.78 is 6.18. The number of nitrogens with one attached hydrogen (secondary N) is 1. The van der Waals surface area contributed by atoms with Gasteiger partial charge in [-0.15, -0.1) is 0 Å². The largest absolute Gasteiger partial charge is 0.488 e. The van der Waals surface area contributed by atoms with Gasteiger partial charge in [-0.05, 0) is 35.4 Å². The molecule has 0 radical (unpaired) electrons. The maximum atomic E-state index is 13.5. The Labute approximate surface area is 213 Å². The number of ether oxygens (including phenoxy) is 1. The Bertz CT molecular complexity index is 1630. The summed E-state index contributed by atoms with van der Waals surface area (Å²) in [6.45, 7) is 0.0757. The van der Waals surface area contributed by atoms with Gasteiger partial charge in [0.2, 0.25) is 0 Å². The molecule has 1 aliphatic rings. The minimum Gasteiger partial charge on any atom is -0.488 e. The molecule has 0 spiro atoms. The number of aromatic nitrogens is 1. The third-order valence-electron chi connectivity index (χ3n) is 6.60. The minimum absolute atomic E-state index is 0.323. The van der Waals surface area contributed by atoms with Crippen LogP contribution in [0, 0.1) is 0 Å². The Hall–Kier alpha value is -4.97. The van der Waals surface area contributed by atoms with Gasteiger partial charge in [0, 0.05) is 28.2 Å². The van der Waals surface area contributed by atoms with Crippen LogP contribution in [0.15, 0.2) is 103 Å². The van der Waals surface area contributed by atoms with Gasteiger partial charge < -0.3 is 9.72 Å². The number of imide groups is 1. The molecule has 37 heavy (non-hydrogen) atoms. The number of nitrogens with zero attached hydrogens (tertiary/aromatic N) is 1. The summed E-state index contributed by atoms with van der Waals surface area (Å²) in [6.07, 6.45) is 1.64. The molecular formula is C31H22N2O4. The van der Waals surface area contributed by atoms with E-state index >= 15 is 0 Å². The second-order valence-electron chi connectivity index (χ2n) is 8.87. The molecule has 6 rings (SSSR count). The van der Waals surface area contributed by atoms with E-state index in [9.17, 15) is 14.4 Å². The molecule has 0 saturated heterocycles. The first kappa shape index (κ1) is 22.5. The average molecular weight is 487 g/mol. The van der Waals surface area contributed by atoms with Gasteiger partial charge in [0.15, 0.2) is 5.78 Å². The zero-order chi connectivity index (χ0) is 25.4. The second kappa shape index (κ2) is 9.24. The molecule has 1 N–H and O–H groups in total. The Morgan fingerprint density at radius 1 is 0.703 bits per heavy atom.